The predicted molar refractivity (Wildman–Crippen MR) is 111 cm³/mol. The molecule has 0 aliphatic heterocycles. The number of rotatable bonds is 3. The van der Waals surface area contributed by atoms with Crippen LogP contribution in [0.2, 0.25) is 10.0 Å². The van der Waals surface area contributed by atoms with E-state index in [2.05, 4.69) is 0 Å². The minimum absolute atomic E-state index is 0.172. The molecule has 5 nitrogen and oxygen atoms in total. The third-order valence-corrected chi connectivity index (χ3v) is 6.40. The lowest BCUT2D eigenvalue weighted by Gasteiger charge is -2.26. The van der Waals surface area contributed by atoms with Gasteiger partial charge in [0.2, 0.25) is 0 Å². The lowest BCUT2D eigenvalue weighted by molar-refractivity contribution is -0.137. The van der Waals surface area contributed by atoms with E-state index in [0.717, 1.165) is 31.2 Å². The Hall–Kier alpha value is -2.08. The van der Waals surface area contributed by atoms with Crippen LogP contribution in [0.1, 0.15) is 37.2 Å². The maximum absolute atomic E-state index is 13.0. The molecule has 2 N–H and O–H groups in total. The van der Waals surface area contributed by atoms with Gasteiger partial charge in [-0.25, -0.2) is 0 Å². The summed E-state index contributed by atoms with van der Waals surface area (Å²) in [4.78, 5) is 24.6. The summed E-state index contributed by atoms with van der Waals surface area (Å²) in [6.45, 7) is -0.333. The summed E-state index contributed by atoms with van der Waals surface area (Å²) in [5.41, 5.74) is 1.71. The summed E-state index contributed by atoms with van der Waals surface area (Å²) < 4.78 is 1.56. The number of fused-ring (bicyclic) bond motifs is 2. The lowest BCUT2D eigenvalue weighted by Crippen LogP contribution is -2.18. The zero-order valence-electron chi connectivity index (χ0n) is 15.0. The number of carboxylic acid groups (broad SMARTS) is 1. The molecule has 1 aliphatic carbocycles. The molecule has 0 bridgehead atoms. The average Bonchev–Trinajstić information content (AvgIpc) is 2.67. The molecule has 0 saturated heterocycles. The van der Waals surface area contributed by atoms with Gasteiger partial charge >= 0.3 is 5.97 Å². The number of carboxylic acids is 1. The summed E-state index contributed by atoms with van der Waals surface area (Å²) >= 11 is 12.5. The van der Waals surface area contributed by atoms with Crippen molar-refractivity contribution >= 4 is 51.0 Å². The van der Waals surface area contributed by atoms with E-state index in [-0.39, 0.29) is 34.0 Å². The molecule has 2 aromatic carbocycles. The third-order valence-electron chi connectivity index (χ3n) is 5.60. The number of aliphatic carboxylic acids is 1. The highest BCUT2D eigenvalue weighted by Gasteiger charge is 2.23. The first kappa shape index (κ1) is 19.2. The zero-order valence-corrected chi connectivity index (χ0v) is 16.5. The van der Waals surface area contributed by atoms with Crippen LogP contribution in [0, 0.1) is 0 Å². The number of aromatic nitrogens is 1. The van der Waals surface area contributed by atoms with Crippen LogP contribution >= 0.6 is 23.2 Å². The van der Waals surface area contributed by atoms with Gasteiger partial charge in [0.25, 0.3) is 0 Å². The Balaban J connectivity index is 2.01. The van der Waals surface area contributed by atoms with Crippen LogP contribution in [-0.2, 0) is 11.3 Å². The molecular weight excluding hydrogens is 401 g/mol. The van der Waals surface area contributed by atoms with Crippen molar-refractivity contribution in [2.45, 2.75) is 44.2 Å². The van der Waals surface area contributed by atoms with Gasteiger partial charge in [-0.1, -0.05) is 29.3 Å². The number of benzene rings is 2. The van der Waals surface area contributed by atoms with E-state index in [9.17, 15) is 19.8 Å². The molecule has 4 rings (SSSR count). The van der Waals surface area contributed by atoms with Crippen LogP contribution in [-0.4, -0.2) is 26.9 Å². The fraction of sp³-hybridized carbons (Fsp3) is 0.333. The third kappa shape index (κ3) is 3.28. The van der Waals surface area contributed by atoms with Gasteiger partial charge in [-0.15, -0.1) is 0 Å². The minimum atomic E-state index is -1.03. The Morgan fingerprint density at radius 2 is 1.75 bits per heavy atom. The molecule has 1 aromatic heterocycles. The second-order valence-electron chi connectivity index (χ2n) is 7.35. The number of aliphatic hydroxyl groups excluding tert-OH is 1. The SMILES string of the molecule is O=C(O)Cn1c2cc([C@H]3CC[C@H](O)CC3)ccc2c(=O)c2ccc(Cl)c(Cl)c21. The van der Waals surface area contributed by atoms with Crippen molar-refractivity contribution in [3.05, 3.63) is 56.2 Å². The van der Waals surface area contributed by atoms with Crippen LogP contribution in [0.4, 0.5) is 0 Å². The van der Waals surface area contributed by atoms with Crippen molar-refractivity contribution in [2.75, 3.05) is 0 Å². The summed E-state index contributed by atoms with van der Waals surface area (Å²) in [5, 5.41) is 20.5. The Bertz CT molecular complexity index is 1150. The van der Waals surface area contributed by atoms with E-state index in [1.165, 1.54) is 0 Å². The Morgan fingerprint density at radius 1 is 1.07 bits per heavy atom. The van der Waals surface area contributed by atoms with Crippen LogP contribution < -0.4 is 5.43 Å². The van der Waals surface area contributed by atoms with Crippen molar-refractivity contribution in [1.82, 2.24) is 4.57 Å². The highest BCUT2D eigenvalue weighted by molar-refractivity contribution is 6.45. The molecule has 0 atom stereocenters. The smallest absolute Gasteiger partial charge is 0.323 e. The first-order valence-electron chi connectivity index (χ1n) is 9.21. The van der Waals surface area contributed by atoms with Crippen molar-refractivity contribution in [1.29, 1.82) is 0 Å². The zero-order chi connectivity index (χ0) is 20.0. The number of hydrogen-bond donors (Lipinski definition) is 2. The molecule has 28 heavy (non-hydrogen) atoms. The molecule has 0 amide bonds. The quantitative estimate of drug-likeness (QED) is 0.609. The summed E-state index contributed by atoms with van der Waals surface area (Å²) in [5.74, 6) is -0.764. The molecule has 0 spiro atoms. The average molecular weight is 420 g/mol. The minimum Gasteiger partial charge on any atom is -0.480 e. The number of halogens is 2. The summed E-state index contributed by atoms with van der Waals surface area (Å²) in [7, 11) is 0. The van der Waals surface area contributed by atoms with Crippen LogP contribution in [0.25, 0.3) is 21.8 Å². The Labute approximate surface area is 171 Å². The van der Waals surface area contributed by atoms with E-state index in [4.69, 9.17) is 23.2 Å². The summed E-state index contributed by atoms with van der Waals surface area (Å²) in [6, 6.07) is 8.71. The van der Waals surface area contributed by atoms with Gasteiger partial charge in [0.15, 0.2) is 5.43 Å². The molecule has 0 radical (unpaired) electrons. The number of nitrogens with zero attached hydrogens (tertiary/aromatic N) is 1. The monoisotopic (exact) mass is 419 g/mol. The van der Waals surface area contributed by atoms with E-state index >= 15 is 0 Å². The second kappa shape index (κ2) is 7.39. The van der Waals surface area contributed by atoms with E-state index in [0.29, 0.717) is 21.8 Å². The maximum atomic E-state index is 13.0. The predicted octanol–water partition coefficient (Wildman–Crippen LogP) is 4.56. The highest BCUT2D eigenvalue weighted by atomic mass is 35.5. The van der Waals surface area contributed by atoms with Gasteiger partial charge in [0, 0.05) is 10.8 Å². The standard InChI is InChI=1S/C21H19Cl2NO4/c22-16-8-7-15-20(19(16)23)24(10-18(26)27)17-9-12(3-6-14(17)21(15)28)11-1-4-13(25)5-2-11/h3,6-9,11,13,25H,1-2,4-5,10H2,(H,26,27)/t11-,13-. The van der Waals surface area contributed by atoms with Gasteiger partial charge in [0.1, 0.15) is 6.54 Å². The summed E-state index contributed by atoms with van der Waals surface area (Å²) in [6.07, 6.45) is 2.94. The van der Waals surface area contributed by atoms with Crippen molar-refractivity contribution in [3.8, 4) is 0 Å². The first-order chi connectivity index (χ1) is 13.4. The molecule has 1 fully saturated rings. The fourth-order valence-electron chi connectivity index (χ4n) is 4.18. The number of hydrogen-bond acceptors (Lipinski definition) is 3. The largest absolute Gasteiger partial charge is 0.480 e. The Kier molecular flexibility index (Phi) is 5.08. The van der Waals surface area contributed by atoms with E-state index in [1.54, 1.807) is 22.8 Å². The van der Waals surface area contributed by atoms with Crippen molar-refractivity contribution in [2.24, 2.45) is 0 Å². The molecule has 0 unspecified atom stereocenters. The molecule has 1 saturated carbocycles. The highest BCUT2D eigenvalue weighted by Crippen LogP contribution is 2.36. The second-order valence-corrected chi connectivity index (χ2v) is 8.13. The topological polar surface area (TPSA) is 79.5 Å². The van der Waals surface area contributed by atoms with Crippen LogP contribution in [0.3, 0.4) is 0 Å². The van der Waals surface area contributed by atoms with Crippen molar-refractivity contribution < 1.29 is 15.0 Å². The van der Waals surface area contributed by atoms with Gasteiger partial charge in [-0.2, -0.15) is 0 Å². The first-order valence-corrected chi connectivity index (χ1v) is 9.96. The number of aliphatic hydroxyl groups is 1. The lowest BCUT2D eigenvalue weighted by atomic mass is 9.82. The van der Waals surface area contributed by atoms with Crippen LogP contribution in [0.5, 0.6) is 0 Å². The molecular formula is C21H19Cl2NO4. The Morgan fingerprint density at radius 3 is 2.43 bits per heavy atom. The van der Waals surface area contributed by atoms with E-state index in [1.807, 2.05) is 12.1 Å². The van der Waals surface area contributed by atoms with Gasteiger partial charge in [0.05, 0.1) is 27.2 Å². The number of pyridine rings is 1. The molecule has 3 aromatic rings. The van der Waals surface area contributed by atoms with Gasteiger partial charge in [-0.05, 0) is 61.4 Å². The molecule has 1 aliphatic rings. The van der Waals surface area contributed by atoms with Gasteiger partial charge in [-0.3, -0.25) is 9.59 Å². The fourth-order valence-corrected chi connectivity index (χ4v) is 4.60. The molecule has 146 valence electrons. The molecule has 1 heterocycles. The number of carbonyl (C=O) groups is 1. The molecule has 7 heteroatoms. The van der Waals surface area contributed by atoms with E-state index < -0.39 is 5.97 Å². The maximum Gasteiger partial charge on any atom is 0.323 e. The van der Waals surface area contributed by atoms with Gasteiger partial charge < -0.3 is 14.8 Å². The normalized spacial score (nSPS) is 20.0. The van der Waals surface area contributed by atoms with Crippen molar-refractivity contribution in [3.63, 3.8) is 0 Å². The van der Waals surface area contributed by atoms with Crippen LogP contribution in [0.15, 0.2) is 35.1 Å².